The van der Waals surface area contributed by atoms with Gasteiger partial charge in [-0.15, -0.1) is 0 Å². The number of fused-ring (bicyclic) bond motifs is 3. The van der Waals surface area contributed by atoms with E-state index in [0.717, 1.165) is 18.8 Å². The highest BCUT2D eigenvalue weighted by atomic mass is 16.8. The Labute approximate surface area is 110 Å². The van der Waals surface area contributed by atoms with Gasteiger partial charge in [-0.3, -0.25) is 0 Å². The van der Waals surface area contributed by atoms with E-state index >= 15 is 0 Å². The monoisotopic (exact) mass is 254 g/mol. The molecule has 0 aromatic carbocycles. The number of rotatable bonds is 3. The fraction of sp³-hybridized carbons (Fsp3) is 1.00. The lowest BCUT2D eigenvalue weighted by Crippen LogP contribution is -2.50. The number of methoxy groups -OCH3 is 1. The van der Waals surface area contributed by atoms with Gasteiger partial charge in [0.25, 0.3) is 0 Å². The highest BCUT2D eigenvalue weighted by Crippen LogP contribution is 2.73. The minimum Gasteiger partial charge on any atom is -0.382 e. The maximum Gasteiger partial charge on any atom is 0.175 e. The maximum absolute atomic E-state index is 6.37. The second-order valence-electron chi connectivity index (χ2n) is 6.86. The van der Waals surface area contributed by atoms with E-state index in [4.69, 9.17) is 14.2 Å². The van der Waals surface area contributed by atoms with Crippen LogP contribution in [-0.4, -0.2) is 32.2 Å². The summed E-state index contributed by atoms with van der Waals surface area (Å²) in [4.78, 5) is 0. The molecule has 1 spiro atoms. The van der Waals surface area contributed by atoms with Crippen LogP contribution < -0.4 is 0 Å². The van der Waals surface area contributed by atoms with Crippen molar-refractivity contribution in [3.63, 3.8) is 0 Å². The van der Waals surface area contributed by atoms with Crippen molar-refractivity contribution in [2.75, 3.05) is 20.3 Å². The molecule has 1 saturated heterocycles. The summed E-state index contributed by atoms with van der Waals surface area (Å²) in [6.07, 6.45) is 4.93. The minimum absolute atomic E-state index is 0.119. The average molecular weight is 254 g/mol. The molecule has 0 aromatic heterocycles. The predicted molar refractivity (Wildman–Crippen MR) is 69.3 cm³/mol. The van der Waals surface area contributed by atoms with E-state index in [1.807, 2.05) is 0 Å². The van der Waals surface area contributed by atoms with Gasteiger partial charge in [0.1, 0.15) is 6.10 Å². The van der Waals surface area contributed by atoms with Crippen LogP contribution >= 0.6 is 0 Å². The third kappa shape index (κ3) is 1.31. The summed E-state index contributed by atoms with van der Waals surface area (Å²) < 4.78 is 17.8. The Morgan fingerprint density at radius 3 is 2.72 bits per heavy atom. The molecule has 3 fully saturated rings. The molecular weight excluding hydrogens is 228 g/mol. The van der Waals surface area contributed by atoms with Crippen molar-refractivity contribution in [3.8, 4) is 0 Å². The van der Waals surface area contributed by atoms with Gasteiger partial charge >= 0.3 is 0 Å². The van der Waals surface area contributed by atoms with Crippen LogP contribution in [-0.2, 0) is 14.2 Å². The van der Waals surface area contributed by atoms with Gasteiger partial charge in [0.15, 0.2) is 5.79 Å². The lowest BCUT2D eigenvalue weighted by molar-refractivity contribution is -0.254. The van der Waals surface area contributed by atoms with Crippen LogP contribution in [0.5, 0.6) is 0 Å². The smallest absolute Gasteiger partial charge is 0.175 e. The fourth-order valence-electron chi connectivity index (χ4n) is 5.15. The fourth-order valence-corrected chi connectivity index (χ4v) is 5.15. The van der Waals surface area contributed by atoms with Crippen LogP contribution in [0.15, 0.2) is 0 Å². The molecule has 18 heavy (non-hydrogen) atoms. The molecule has 2 saturated carbocycles. The van der Waals surface area contributed by atoms with Gasteiger partial charge in [0, 0.05) is 18.9 Å². The summed E-state index contributed by atoms with van der Waals surface area (Å²) in [5.74, 6) is 0.427. The zero-order valence-electron chi connectivity index (χ0n) is 12.1. The van der Waals surface area contributed by atoms with E-state index in [9.17, 15) is 0 Å². The summed E-state index contributed by atoms with van der Waals surface area (Å²) in [7, 11) is 1.73. The number of ether oxygens (including phenoxy) is 3. The Balaban J connectivity index is 1.91. The summed E-state index contributed by atoms with van der Waals surface area (Å²) in [5, 5.41) is 0. The largest absolute Gasteiger partial charge is 0.382 e. The minimum atomic E-state index is -0.322. The lowest BCUT2D eigenvalue weighted by Gasteiger charge is -2.47. The predicted octanol–water partition coefficient (Wildman–Crippen LogP) is 2.98. The molecule has 104 valence electrons. The van der Waals surface area contributed by atoms with Gasteiger partial charge in [-0.25, -0.2) is 0 Å². The van der Waals surface area contributed by atoms with E-state index in [1.54, 1.807) is 7.11 Å². The quantitative estimate of drug-likeness (QED) is 0.775. The van der Waals surface area contributed by atoms with Crippen molar-refractivity contribution >= 4 is 0 Å². The molecule has 4 atom stereocenters. The Bertz CT molecular complexity index is 341. The molecular formula is C15H26O3. The first kappa shape index (κ1) is 12.9. The molecule has 3 rings (SSSR count). The summed E-state index contributed by atoms with van der Waals surface area (Å²) >= 11 is 0. The van der Waals surface area contributed by atoms with Gasteiger partial charge in [0.05, 0.1) is 13.2 Å². The average Bonchev–Trinajstić information content (AvgIpc) is 2.89. The van der Waals surface area contributed by atoms with Gasteiger partial charge in [-0.05, 0) is 30.6 Å². The van der Waals surface area contributed by atoms with Crippen LogP contribution in [0.4, 0.5) is 0 Å². The number of hydrogen-bond acceptors (Lipinski definition) is 3. The number of hydrogen-bond donors (Lipinski definition) is 0. The van der Waals surface area contributed by atoms with Gasteiger partial charge in [-0.1, -0.05) is 20.8 Å². The standard InChI is InChI=1S/C15H26O3/c1-5-14-7-6-11(13(14,2)3)8-15(14)17-10-12(18-15)9-16-4/h11-12H,5-10H2,1-4H3. The topological polar surface area (TPSA) is 27.7 Å². The van der Waals surface area contributed by atoms with E-state index in [0.29, 0.717) is 18.6 Å². The van der Waals surface area contributed by atoms with Crippen LogP contribution in [0, 0.1) is 16.7 Å². The third-order valence-electron chi connectivity index (χ3n) is 6.23. The van der Waals surface area contributed by atoms with Gasteiger partial charge in [-0.2, -0.15) is 0 Å². The molecule has 0 amide bonds. The molecule has 3 aliphatic rings. The van der Waals surface area contributed by atoms with Crippen molar-refractivity contribution < 1.29 is 14.2 Å². The second kappa shape index (κ2) is 3.94. The summed E-state index contributed by atoms with van der Waals surface area (Å²) in [5.41, 5.74) is 0.539. The SMILES string of the molecule is CCC12CCC(CC13OCC(COC)O3)C2(C)C. The Morgan fingerprint density at radius 2 is 2.11 bits per heavy atom. The first-order valence-corrected chi connectivity index (χ1v) is 7.32. The lowest BCUT2D eigenvalue weighted by atomic mass is 9.65. The van der Waals surface area contributed by atoms with Crippen molar-refractivity contribution in [1.29, 1.82) is 0 Å². The first-order valence-electron chi connectivity index (χ1n) is 7.32. The van der Waals surface area contributed by atoms with E-state index in [2.05, 4.69) is 20.8 Å². The van der Waals surface area contributed by atoms with E-state index in [1.165, 1.54) is 12.8 Å². The van der Waals surface area contributed by atoms with Crippen LogP contribution in [0.2, 0.25) is 0 Å². The van der Waals surface area contributed by atoms with E-state index in [-0.39, 0.29) is 17.3 Å². The molecule has 1 aliphatic heterocycles. The van der Waals surface area contributed by atoms with Crippen molar-refractivity contribution in [2.45, 2.75) is 58.3 Å². The molecule has 4 unspecified atom stereocenters. The van der Waals surface area contributed by atoms with Gasteiger partial charge in [0.2, 0.25) is 0 Å². The highest BCUT2D eigenvalue weighted by molar-refractivity contribution is 5.17. The molecule has 1 heterocycles. The molecule has 2 bridgehead atoms. The van der Waals surface area contributed by atoms with Crippen molar-refractivity contribution in [2.24, 2.45) is 16.7 Å². The highest BCUT2D eigenvalue weighted by Gasteiger charge is 2.73. The Hall–Kier alpha value is -0.120. The molecule has 0 radical (unpaired) electrons. The third-order valence-corrected chi connectivity index (χ3v) is 6.23. The molecule has 3 nitrogen and oxygen atoms in total. The van der Waals surface area contributed by atoms with Gasteiger partial charge < -0.3 is 14.2 Å². The zero-order chi connectivity index (χ0) is 13.0. The molecule has 3 heteroatoms. The first-order chi connectivity index (χ1) is 8.51. The maximum atomic E-state index is 6.37. The van der Waals surface area contributed by atoms with Crippen molar-refractivity contribution in [1.82, 2.24) is 0 Å². The second-order valence-corrected chi connectivity index (χ2v) is 6.86. The van der Waals surface area contributed by atoms with Crippen LogP contribution in [0.25, 0.3) is 0 Å². The Morgan fingerprint density at radius 1 is 1.33 bits per heavy atom. The normalized spacial score (nSPS) is 49.3. The van der Waals surface area contributed by atoms with E-state index < -0.39 is 0 Å². The molecule has 2 aliphatic carbocycles. The van der Waals surface area contributed by atoms with Crippen LogP contribution in [0.3, 0.4) is 0 Å². The van der Waals surface area contributed by atoms with Crippen LogP contribution in [0.1, 0.15) is 46.5 Å². The summed E-state index contributed by atoms with van der Waals surface area (Å²) in [6, 6.07) is 0. The summed E-state index contributed by atoms with van der Waals surface area (Å²) in [6.45, 7) is 8.47. The Kier molecular flexibility index (Phi) is 2.82. The zero-order valence-corrected chi connectivity index (χ0v) is 12.1. The molecule has 0 aromatic rings. The van der Waals surface area contributed by atoms with Crippen molar-refractivity contribution in [3.05, 3.63) is 0 Å². The molecule has 0 N–H and O–H groups in total.